The standard InChI is InChI=1S/C18H25FN2O3S/c1-20(2)8-3-5-14-6-7-17(15(19)11-14)24-10-4-9-21-13-25-12-16(21)18(22)23/h6-7,11-12H,3-5,8-10,13H2,1-2H3,(H,22,23). The van der Waals surface area contributed by atoms with Crippen molar-refractivity contribution in [2.75, 3.05) is 39.7 Å². The minimum absolute atomic E-state index is 0.251. The molecule has 1 heterocycles. The fourth-order valence-corrected chi connectivity index (χ4v) is 3.51. The van der Waals surface area contributed by atoms with Crippen molar-refractivity contribution in [3.8, 4) is 5.75 Å². The Balaban J connectivity index is 1.74. The maximum atomic E-state index is 14.1. The zero-order valence-corrected chi connectivity index (χ0v) is 15.5. The highest BCUT2D eigenvalue weighted by Gasteiger charge is 2.20. The zero-order chi connectivity index (χ0) is 18.2. The molecule has 0 amide bonds. The Hall–Kier alpha value is -1.73. The van der Waals surface area contributed by atoms with E-state index in [2.05, 4.69) is 4.90 Å². The number of hydrogen-bond donors (Lipinski definition) is 1. The number of halogens is 1. The molecule has 7 heteroatoms. The van der Waals surface area contributed by atoms with Crippen molar-refractivity contribution >= 4 is 17.7 Å². The molecule has 1 N–H and O–H groups in total. The third-order valence-electron chi connectivity index (χ3n) is 3.88. The number of carboxylic acids is 1. The van der Waals surface area contributed by atoms with E-state index in [1.54, 1.807) is 16.4 Å². The molecular formula is C18H25FN2O3S. The molecule has 1 aliphatic heterocycles. The topological polar surface area (TPSA) is 53.0 Å². The lowest BCUT2D eigenvalue weighted by Crippen LogP contribution is -2.26. The summed E-state index contributed by atoms with van der Waals surface area (Å²) in [7, 11) is 4.04. The van der Waals surface area contributed by atoms with Crippen LogP contribution in [0, 0.1) is 5.82 Å². The van der Waals surface area contributed by atoms with Crippen LogP contribution in [-0.4, -0.2) is 60.5 Å². The molecule has 5 nitrogen and oxygen atoms in total. The van der Waals surface area contributed by atoms with Crippen LogP contribution in [-0.2, 0) is 11.2 Å². The molecule has 0 spiro atoms. The van der Waals surface area contributed by atoms with Gasteiger partial charge >= 0.3 is 5.97 Å². The molecule has 0 bridgehead atoms. The molecule has 0 aromatic heterocycles. The van der Waals surface area contributed by atoms with E-state index in [1.807, 2.05) is 20.2 Å². The van der Waals surface area contributed by atoms with Gasteiger partial charge in [-0.2, -0.15) is 0 Å². The number of aryl methyl sites for hydroxylation is 1. The second-order valence-electron chi connectivity index (χ2n) is 6.24. The number of carboxylic acid groups (broad SMARTS) is 1. The summed E-state index contributed by atoms with van der Waals surface area (Å²) in [5.74, 6) is -0.370. The molecule has 0 saturated carbocycles. The van der Waals surface area contributed by atoms with E-state index in [-0.39, 0.29) is 11.6 Å². The Bertz CT molecular complexity index is 622. The number of carbonyl (C=O) groups is 1. The van der Waals surface area contributed by atoms with Crippen LogP contribution in [0.5, 0.6) is 5.75 Å². The maximum absolute atomic E-state index is 14.1. The Morgan fingerprint density at radius 3 is 2.88 bits per heavy atom. The molecule has 138 valence electrons. The number of hydrogen-bond acceptors (Lipinski definition) is 5. The van der Waals surface area contributed by atoms with Gasteiger partial charge in [0.2, 0.25) is 0 Å². The number of thioether (sulfide) groups is 1. The highest BCUT2D eigenvalue weighted by Crippen LogP contribution is 2.24. The predicted molar refractivity (Wildman–Crippen MR) is 98.3 cm³/mol. The van der Waals surface area contributed by atoms with Crippen LogP contribution in [0.25, 0.3) is 0 Å². The van der Waals surface area contributed by atoms with E-state index in [0.717, 1.165) is 24.9 Å². The van der Waals surface area contributed by atoms with Gasteiger partial charge in [0.15, 0.2) is 11.6 Å². The highest BCUT2D eigenvalue weighted by molar-refractivity contribution is 8.02. The third-order valence-corrected chi connectivity index (χ3v) is 4.73. The second kappa shape index (κ2) is 9.68. The Labute approximate surface area is 152 Å². The van der Waals surface area contributed by atoms with Crippen LogP contribution in [0.4, 0.5) is 4.39 Å². The quantitative estimate of drug-likeness (QED) is 0.641. The number of nitrogens with zero attached hydrogens (tertiary/aromatic N) is 2. The van der Waals surface area contributed by atoms with Gasteiger partial charge in [-0.25, -0.2) is 9.18 Å². The first-order valence-electron chi connectivity index (χ1n) is 8.33. The number of aliphatic carboxylic acids is 1. The van der Waals surface area contributed by atoms with Crippen LogP contribution < -0.4 is 4.74 Å². The molecule has 1 aliphatic rings. The van der Waals surface area contributed by atoms with E-state index in [9.17, 15) is 9.18 Å². The molecule has 0 unspecified atom stereocenters. The van der Waals surface area contributed by atoms with E-state index in [4.69, 9.17) is 9.84 Å². The van der Waals surface area contributed by atoms with Gasteiger partial charge in [-0.1, -0.05) is 6.07 Å². The summed E-state index contributed by atoms with van der Waals surface area (Å²) in [4.78, 5) is 14.9. The molecule has 0 radical (unpaired) electrons. The molecular weight excluding hydrogens is 343 g/mol. The first-order valence-corrected chi connectivity index (χ1v) is 9.38. The summed E-state index contributed by atoms with van der Waals surface area (Å²) >= 11 is 1.46. The van der Waals surface area contributed by atoms with E-state index in [1.165, 1.54) is 17.8 Å². The molecule has 1 aromatic rings. The number of benzene rings is 1. The monoisotopic (exact) mass is 368 g/mol. The zero-order valence-electron chi connectivity index (χ0n) is 14.7. The maximum Gasteiger partial charge on any atom is 0.352 e. The molecule has 0 aliphatic carbocycles. The minimum Gasteiger partial charge on any atom is -0.490 e. The van der Waals surface area contributed by atoms with Crippen molar-refractivity contribution in [2.45, 2.75) is 19.3 Å². The summed E-state index contributed by atoms with van der Waals surface area (Å²) in [6, 6.07) is 5.11. The summed E-state index contributed by atoms with van der Waals surface area (Å²) in [5.41, 5.74) is 1.29. The SMILES string of the molecule is CN(C)CCCc1ccc(OCCCN2CSC=C2C(=O)O)c(F)c1. The Morgan fingerprint density at radius 2 is 2.20 bits per heavy atom. The normalized spacial score (nSPS) is 14.1. The molecule has 1 aromatic carbocycles. The van der Waals surface area contributed by atoms with Crippen LogP contribution >= 0.6 is 11.8 Å². The van der Waals surface area contributed by atoms with E-state index < -0.39 is 5.97 Å². The van der Waals surface area contributed by atoms with Crippen LogP contribution in [0.2, 0.25) is 0 Å². The van der Waals surface area contributed by atoms with Gasteiger partial charge in [0.05, 0.1) is 12.5 Å². The fourth-order valence-electron chi connectivity index (χ4n) is 2.57. The van der Waals surface area contributed by atoms with Crippen LogP contribution in [0.3, 0.4) is 0 Å². The average molecular weight is 368 g/mol. The summed E-state index contributed by atoms with van der Waals surface area (Å²) in [6.07, 6.45) is 2.46. The van der Waals surface area contributed by atoms with Crippen molar-refractivity contribution in [1.82, 2.24) is 9.80 Å². The van der Waals surface area contributed by atoms with Gasteiger partial charge < -0.3 is 19.6 Å². The van der Waals surface area contributed by atoms with Crippen molar-refractivity contribution in [3.63, 3.8) is 0 Å². The summed E-state index contributed by atoms with van der Waals surface area (Å²) < 4.78 is 19.6. The fraction of sp³-hybridized carbons (Fsp3) is 0.500. The third kappa shape index (κ3) is 6.25. The Kier molecular flexibility index (Phi) is 7.58. The summed E-state index contributed by atoms with van der Waals surface area (Å²) in [5, 5.41) is 10.7. The number of rotatable bonds is 10. The van der Waals surface area contributed by atoms with Gasteiger partial charge in [0.25, 0.3) is 0 Å². The van der Waals surface area contributed by atoms with Crippen LogP contribution in [0.1, 0.15) is 18.4 Å². The van der Waals surface area contributed by atoms with Gasteiger partial charge in [-0.15, -0.1) is 11.8 Å². The van der Waals surface area contributed by atoms with Gasteiger partial charge in [0, 0.05) is 12.0 Å². The first kappa shape index (κ1) is 19.6. The highest BCUT2D eigenvalue weighted by atomic mass is 32.2. The summed E-state index contributed by atoms with van der Waals surface area (Å²) in [6.45, 7) is 1.90. The lowest BCUT2D eigenvalue weighted by molar-refractivity contribution is -0.134. The minimum atomic E-state index is -0.915. The van der Waals surface area contributed by atoms with E-state index in [0.29, 0.717) is 31.1 Å². The van der Waals surface area contributed by atoms with Gasteiger partial charge in [-0.05, 0) is 57.6 Å². The molecule has 0 fully saturated rings. The van der Waals surface area contributed by atoms with Crippen molar-refractivity contribution < 1.29 is 19.0 Å². The lowest BCUT2D eigenvalue weighted by Gasteiger charge is -2.18. The molecule has 0 atom stereocenters. The van der Waals surface area contributed by atoms with Crippen LogP contribution in [0.15, 0.2) is 29.3 Å². The first-order chi connectivity index (χ1) is 12.0. The second-order valence-corrected chi connectivity index (χ2v) is 7.07. The molecule has 0 saturated heterocycles. The van der Waals surface area contributed by atoms with E-state index >= 15 is 0 Å². The van der Waals surface area contributed by atoms with Crippen molar-refractivity contribution in [1.29, 1.82) is 0 Å². The van der Waals surface area contributed by atoms with Crippen molar-refractivity contribution in [3.05, 3.63) is 40.7 Å². The smallest absolute Gasteiger partial charge is 0.352 e. The predicted octanol–water partition coefficient (Wildman–Crippen LogP) is 3.02. The lowest BCUT2D eigenvalue weighted by atomic mass is 10.1. The number of ether oxygens (including phenoxy) is 1. The van der Waals surface area contributed by atoms with Gasteiger partial charge in [0.1, 0.15) is 5.70 Å². The molecule has 25 heavy (non-hydrogen) atoms. The van der Waals surface area contributed by atoms with Crippen molar-refractivity contribution in [2.24, 2.45) is 0 Å². The Morgan fingerprint density at radius 1 is 1.40 bits per heavy atom. The molecule has 2 rings (SSSR count). The van der Waals surface area contributed by atoms with Gasteiger partial charge in [-0.3, -0.25) is 0 Å². The average Bonchev–Trinajstić information content (AvgIpc) is 3.01. The largest absolute Gasteiger partial charge is 0.490 e.